The Morgan fingerprint density at radius 2 is 1.54 bits per heavy atom. The lowest BCUT2D eigenvalue weighted by molar-refractivity contribution is -0.118. The van der Waals surface area contributed by atoms with Crippen molar-refractivity contribution >= 4 is 23.2 Å². The lowest BCUT2D eigenvalue weighted by Gasteiger charge is -2.16. The molecule has 1 saturated heterocycles. The molecule has 1 aliphatic heterocycles. The lowest BCUT2D eigenvalue weighted by atomic mass is 10.0. The second-order valence-electron chi connectivity index (χ2n) is 5.91. The van der Waals surface area contributed by atoms with Gasteiger partial charge in [-0.1, -0.05) is 36.4 Å². The number of rotatable bonds is 4. The zero-order chi connectivity index (χ0) is 16.9. The predicted molar refractivity (Wildman–Crippen MR) is 95.8 cm³/mol. The Kier molecular flexibility index (Phi) is 4.91. The summed E-state index contributed by atoms with van der Waals surface area (Å²) in [6.45, 7) is 2.36. The van der Waals surface area contributed by atoms with E-state index < -0.39 is 0 Å². The number of anilines is 2. The first-order valence-electron chi connectivity index (χ1n) is 8.15. The summed E-state index contributed by atoms with van der Waals surface area (Å²) < 4.78 is 0. The van der Waals surface area contributed by atoms with Crippen LogP contribution in [0.15, 0.2) is 48.5 Å². The second kappa shape index (κ2) is 7.27. The Bertz CT molecular complexity index is 752. The Hall–Kier alpha value is -2.66. The molecule has 0 aliphatic carbocycles. The van der Waals surface area contributed by atoms with Gasteiger partial charge in [-0.25, -0.2) is 0 Å². The van der Waals surface area contributed by atoms with E-state index in [0.29, 0.717) is 0 Å². The number of amides is 2. The third-order valence-electron chi connectivity index (χ3n) is 4.09. The first-order chi connectivity index (χ1) is 11.6. The Balaban J connectivity index is 1.92. The zero-order valence-electron chi connectivity index (χ0n) is 13.6. The fourth-order valence-corrected chi connectivity index (χ4v) is 2.97. The molecule has 0 spiro atoms. The summed E-state index contributed by atoms with van der Waals surface area (Å²) in [7, 11) is 0. The van der Waals surface area contributed by atoms with Crippen LogP contribution in [0.2, 0.25) is 0 Å². The lowest BCUT2D eigenvalue weighted by Crippen LogP contribution is -2.35. The molecule has 1 atom stereocenters. The maximum atomic E-state index is 12.4. The van der Waals surface area contributed by atoms with E-state index in [-0.39, 0.29) is 17.9 Å². The molecule has 0 radical (unpaired) electrons. The van der Waals surface area contributed by atoms with Crippen LogP contribution < -0.4 is 16.0 Å². The molecule has 0 aromatic heterocycles. The highest BCUT2D eigenvalue weighted by Gasteiger charge is 2.22. The van der Waals surface area contributed by atoms with Gasteiger partial charge < -0.3 is 16.0 Å². The Morgan fingerprint density at radius 3 is 2.08 bits per heavy atom. The zero-order valence-corrected chi connectivity index (χ0v) is 13.6. The van der Waals surface area contributed by atoms with Crippen LogP contribution in [0.1, 0.15) is 19.8 Å². The van der Waals surface area contributed by atoms with E-state index in [9.17, 15) is 9.59 Å². The number of carbonyl (C=O) groups is 2. The number of nitrogens with one attached hydrogen (secondary N) is 3. The number of carbonyl (C=O) groups excluding carboxylic acids is 2. The van der Waals surface area contributed by atoms with Crippen molar-refractivity contribution in [2.45, 2.75) is 25.8 Å². The summed E-state index contributed by atoms with van der Waals surface area (Å²) in [4.78, 5) is 23.9. The topological polar surface area (TPSA) is 70.2 Å². The van der Waals surface area contributed by atoms with Crippen molar-refractivity contribution in [2.75, 3.05) is 17.2 Å². The van der Waals surface area contributed by atoms with Crippen molar-refractivity contribution < 1.29 is 9.59 Å². The summed E-state index contributed by atoms with van der Waals surface area (Å²) in [6, 6.07) is 15.1. The Morgan fingerprint density at radius 1 is 0.958 bits per heavy atom. The average molecular weight is 323 g/mol. The highest BCUT2D eigenvalue weighted by Crippen LogP contribution is 2.33. The van der Waals surface area contributed by atoms with Gasteiger partial charge in [-0.3, -0.25) is 9.59 Å². The molecule has 5 heteroatoms. The minimum Gasteiger partial charge on any atom is -0.326 e. The van der Waals surface area contributed by atoms with Gasteiger partial charge in [0.15, 0.2) is 0 Å². The van der Waals surface area contributed by atoms with E-state index in [1.807, 2.05) is 48.5 Å². The second-order valence-corrected chi connectivity index (χ2v) is 5.91. The standard InChI is InChI=1S/C19H21N3O2/c1-13(23)21-16-9-4-2-7-14(16)15-8-3-5-10-17(15)22-19(24)18-11-6-12-20-18/h2-5,7-10,18,20H,6,11-12H2,1H3,(H,21,23)(H,22,24)/t18-/m0/s1. The summed E-state index contributed by atoms with van der Waals surface area (Å²) in [5, 5.41) is 9.07. The predicted octanol–water partition coefficient (Wildman–Crippen LogP) is 3.00. The minimum atomic E-state index is -0.136. The van der Waals surface area contributed by atoms with Crippen LogP contribution in [0.3, 0.4) is 0 Å². The molecule has 24 heavy (non-hydrogen) atoms. The van der Waals surface area contributed by atoms with Crippen LogP contribution in [0.4, 0.5) is 11.4 Å². The van der Waals surface area contributed by atoms with Crippen molar-refractivity contribution in [3.63, 3.8) is 0 Å². The molecular formula is C19H21N3O2. The van der Waals surface area contributed by atoms with Crippen molar-refractivity contribution in [3.05, 3.63) is 48.5 Å². The number of benzene rings is 2. The number of hydrogen-bond acceptors (Lipinski definition) is 3. The first kappa shape index (κ1) is 16.2. The molecule has 0 saturated carbocycles. The fourth-order valence-electron chi connectivity index (χ4n) is 2.97. The molecule has 3 N–H and O–H groups in total. The normalized spacial score (nSPS) is 16.6. The van der Waals surface area contributed by atoms with Crippen LogP contribution >= 0.6 is 0 Å². The molecule has 2 amide bonds. The maximum Gasteiger partial charge on any atom is 0.241 e. The van der Waals surface area contributed by atoms with Gasteiger partial charge in [0.1, 0.15) is 0 Å². The van der Waals surface area contributed by atoms with Crippen LogP contribution in [-0.4, -0.2) is 24.4 Å². The third kappa shape index (κ3) is 3.63. The first-order valence-corrected chi connectivity index (χ1v) is 8.15. The van der Waals surface area contributed by atoms with Crippen molar-refractivity contribution in [3.8, 4) is 11.1 Å². The van der Waals surface area contributed by atoms with Crippen molar-refractivity contribution in [2.24, 2.45) is 0 Å². The van der Waals surface area contributed by atoms with Gasteiger partial charge in [0.25, 0.3) is 0 Å². The van der Waals surface area contributed by atoms with Crippen molar-refractivity contribution in [1.82, 2.24) is 5.32 Å². The summed E-state index contributed by atoms with van der Waals surface area (Å²) in [5.74, 6) is -0.143. The average Bonchev–Trinajstić information content (AvgIpc) is 3.10. The largest absolute Gasteiger partial charge is 0.326 e. The van der Waals surface area contributed by atoms with E-state index in [0.717, 1.165) is 41.9 Å². The molecule has 0 bridgehead atoms. The molecule has 2 aromatic rings. The molecule has 1 aliphatic rings. The highest BCUT2D eigenvalue weighted by molar-refractivity contribution is 6.01. The highest BCUT2D eigenvalue weighted by atomic mass is 16.2. The van der Waals surface area contributed by atoms with Crippen LogP contribution in [-0.2, 0) is 9.59 Å². The molecule has 2 aromatic carbocycles. The monoisotopic (exact) mass is 323 g/mol. The van der Waals surface area contributed by atoms with Gasteiger partial charge in [0.2, 0.25) is 11.8 Å². The van der Waals surface area contributed by atoms with Crippen molar-refractivity contribution in [1.29, 1.82) is 0 Å². The van der Waals surface area contributed by atoms with E-state index in [2.05, 4.69) is 16.0 Å². The van der Waals surface area contributed by atoms with Crippen LogP contribution in [0.5, 0.6) is 0 Å². The fraction of sp³-hybridized carbons (Fsp3) is 0.263. The van der Waals surface area contributed by atoms with E-state index in [1.165, 1.54) is 6.92 Å². The number of hydrogen-bond donors (Lipinski definition) is 3. The van der Waals surface area contributed by atoms with Gasteiger partial charge in [-0.15, -0.1) is 0 Å². The molecule has 5 nitrogen and oxygen atoms in total. The quantitative estimate of drug-likeness (QED) is 0.810. The molecule has 3 rings (SSSR count). The SMILES string of the molecule is CC(=O)Nc1ccccc1-c1ccccc1NC(=O)[C@@H]1CCCN1. The summed E-state index contributed by atoms with van der Waals surface area (Å²) in [5.41, 5.74) is 3.23. The van der Waals surface area contributed by atoms with Crippen LogP contribution in [0, 0.1) is 0 Å². The van der Waals surface area contributed by atoms with E-state index >= 15 is 0 Å². The van der Waals surface area contributed by atoms with E-state index in [4.69, 9.17) is 0 Å². The van der Waals surface area contributed by atoms with Gasteiger partial charge in [0, 0.05) is 29.4 Å². The molecule has 1 heterocycles. The van der Waals surface area contributed by atoms with Gasteiger partial charge in [-0.05, 0) is 31.5 Å². The minimum absolute atomic E-state index is 0.0167. The summed E-state index contributed by atoms with van der Waals surface area (Å²) >= 11 is 0. The molecule has 124 valence electrons. The smallest absolute Gasteiger partial charge is 0.241 e. The van der Waals surface area contributed by atoms with Gasteiger partial charge >= 0.3 is 0 Å². The molecule has 0 unspecified atom stereocenters. The van der Waals surface area contributed by atoms with Crippen LogP contribution in [0.25, 0.3) is 11.1 Å². The van der Waals surface area contributed by atoms with E-state index in [1.54, 1.807) is 0 Å². The summed E-state index contributed by atoms with van der Waals surface area (Å²) in [6.07, 6.45) is 1.88. The number of para-hydroxylation sites is 2. The Labute approximate surface area is 141 Å². The van der Waals surface area contributed by atoms with Gasteiger partial charge in [-0.2, -0.15) is 0 Å². The third-order valence-corrected chi connectivity index (χ3v) is 4.09. The maximum absolute atomic E-state index is 12.4. The molecular weight excluding hydrogens is 302 g/mol. The van der Waals surface area contributed by atoms with Gasteiger partial charge in [0.05, 0.1) is 6.04 Å². The molecule has 1 fully saturated rings.